The Bertz CT molecular complexity index is 493. The fourth-order valence-electron chi connectivity index (χ4n) is 1.76. The molecule has 1 heterocycles. The number of nitrogens with zero attached hydrogens (tertiary/aromatic N) is 1. The lowest BCUT2D eigenvalue weighted by Crippen LogP contribution is -2.18. The van der Waals surface area contributed by atoms with Gasteiger partial charge >= 0.3 is 0 Å². The van der Waals surface area contributed by atoms with Gasteiger partial charge in [0.25, 0.3) is 0 Å². The Balaban J connectivity index is 1.92. The van der Waals surface area contributed by atoms with E-state index in [9.17, 15) is 0 Å². The Morgan fingerprint density at radius 1 is 1.33 bits per heavy atom. The number of benzene rings is 1. The summed E-state index contributed by atoms with van der Waals surface area (Å²) in [7, 11) is 1.68. The number of hydrogen-bond donors (Lipinski definition) is 1. The van der Waals surface area contributed by atoms with Gasteiger partial charge in [0.05, 0.1) is 17.8 Å². The fourth-order valence-corrected chi connectivity index (χ4v) is 2.37. The number of ether oxygens (including phenoxy) is 1. The van der Waals surface area contributed by atoms with Crippen molar-refractivity contribution < 1.29 is 4.74 Å². The normalized spacial score (nSPS) is 12.4. The molecule has 1 atom stereocenters. The van der Waals surface area contributed by atoms with Crippen LogP contribution in [0.4, 0.5) is 0 Å². The van der Waals surface area contributed by atoms with E-state index in [-0.39, 0.29) is 0 Å². The highest BCUT2D eigenvalue weighted by Gasteiger charge is 2.06. The average Bonchev–Trinajstić information content (AvgIpc) is 2.82. The molecule has 1 N–H and O–H groups in total. The molecule has 0 spiro atoms. The lowest BCUT2D eigenvalue weighted by atomic mass is 10.1. The summed E-state index contributed by atoms with van der Waals surface area (Å²) >= 11 is 1.69. The van der Waals surface area contributed by atoms with Gasteiger partial charge in [-0.3, -0.25) is 0 Å². The van der Waals surface area contributed by atoms with Gasteiger partial charge in [0.2, 0.25) is 0 Å². The molecule has 3 nitrogen and oxygen atoms in total. The molecule has 1 aromatic carbocycles. The van der Waals surface area contributed by atoms with Gasteiger partial charge in [-0.25, -0.2) is 4.98 Å². The molecule has 96 valence electrons. The zero-order chi connectivity index (χ0) is 13.0. The third-order valence-corrected chi connectivity index (χ3v) is 3.69. The largest absolute Gasteiger partial charge is 0.497 e. The van der Waals surface area contributed by atoms with Crippen LogP contribution in [0.25, 0.3) is 0 Å². The first-order valence-corrected chi connectivity index (χ1v) is 6.85. The summed E-state index contributed by atoms with van der Waals surface area (Å²) in [6.45, 7) is 4.99. The number of aromatic nitrogens is 1. The molecular formula is C14H18N2OS. The Labute approximate surface area is 112 Å². The molecule has 0 amide bonds. The number of thiazole rings is 1. The molecule has 18 heavy (non-hydrogen) atoms. The van der Waals surface area contributed by atoms with Crippen molar-refractivity contribution in [1.29, 1.82) is 0 Å². The van der Waals surface area contributed by atoms with Gasteiger partial charge < -0.3 is 10.1 Å². The third kappa shape index (κ3) is 3.31. The van der Waals surface area contributed by atoms with Crippen LogP contribution in [0, 0.1) is 6.92 Å². The van der Waals surface area contributed by atoms with Crippen LogP contribution in [0.5, 0.6) is 5.75 Å². The summed E-state index contributed by atoms with van der Waals surface area (Å²) < 4.78 is 5.15. The monoisotopic (exact) mass is 262 g/mol. The Kier molecular flexibility index (Phi) is 4.33. The second-order valence-electron chi connectivity index (χ2n) is 4.23. The number of rotatable bonds is 5. The third-order valence-electron chi connectivity index (χ3n) is 2.87. The van der Waals surface area contributed by atoms with Crippen LogP contribution in [-0.2, 0) is 6.54 Å². The van der Waals surface area contributed by atoms with Crippen LogP contribution in [0.1, 0.15) is 29.2 Å². The van der Waals surface area contributed by atoms with E-state index in [1.807, 2.05) is 19.1 Å². The Morgan fingerprint density at radius 2 is 2.06 bits per heavy atom. The summed E-state index contributed by atoms with van der Waals surface area (Å²) in [5.74, 6) is 0.890. The van der Waals surface area contributed by atoms with Crippen LogP contribution >= 0.6 is 11.3 Å². The van der Waals surface area contributed by atoms with E-state index >= 15 is 0 Å². The van der Waals surface area contributed by atoms with Gasteiger partial charge in [-0.15, -0.1) is 11.3 Å². The van der Waals surface area contributed by atoms with Crippen molar-refractivity contribution in [3.63, 3.8) is 0 Å². The maximum absolute atomic E-state index is 5.15. The lowest BCUT2D eigenvalue weighted by molar-refractivity contribution is 0.414. The van der Waals surface area contributed by atoms with Crippen molar-refractivity contribution in [3.05, 3.63) is 45.9 Å². The number of nitrogens with one attached hydrogen (secondary N) is 1. The molecule has 2 rings (SSSR count). The topological polar surface area (TPSA) is 34.1 Å². The first-order chi connectivity index (χ1) is 8.69. The minimum atomic E-state index is 0.304. The van der Waals surface area contributed by atoms with Crippen molar-refractivity contribution in [1.82, 2.24) is 10.3 Å². The van der Waals surface area contributed by atoms with Crippen molar-refractivity contribution in [3.8, 4) is 5.75 Å². The molecule has 0 aliphatic heterocycles. The molecule has 0 unspecified atom stereocenters. The first kappa shape index (κ1) is 13.1. The highest BCUT2D eigenvalue weighted by atomic mass is 32.1. The Morgan fingerprint density at radius 3 is 2.61 bits per heavy atom. The predicted octanol–water partition coefficient (Wildman–Crippen LogP) is 3.31. The minimum absolute atomic E-state index is 0.304. The van der Waals surface area contributed by atoms with Crippen LogP contribution in [0.3, 0.4) is 0 Å². The van der Waals surface area contributed by atoms with E-state index in [1.165, 1.54) is 5.56 Å². The van der Waals surface area contributed by atoms with E-state index in [2.05, 4.69) is 34.7 Å². The molecule has 1 aromatic heterocycles. The predicted molar refractivity (Wildman–Crippen MR) is 75.1 cm³/mol. The maximum atomic E-state index is 5.15. The van der Waals surface area contributed by atoms with Gasteiger partial charge in [0.15, 0.2) is 0 Å². The van der Waals surface area contributed by atoms with Gasteiger partial charge in [-0.05, 0) is 31.5 Å². The fraction of sp³-hybridized carbons (Fsp3) is 0.357. The van der Waals surface area contributed by atoms with Gasteiger partial charge in [-0.2, -0.15) is 0 Å². The van der Waals surface area contributed by atoms with E-state index in [1.54, 1.807) is 18.4 Å². The number of aryl methyl sites for hydroxylation is 1. The van der Waals surface area contributed by atoms with Crippen molar-refractivity contribution in [2.24, 2.45) is 0 Å². The molecule has 4 heteroatoms. The van der Waals surface area contributed by atoms with Crippen molar-refractivity contribution in [2.45, 2.75) is 26.4 Å². The summed E-state index contributed by atoms with van der Waals surface area (Å²) in [5, 5.41) is 6.68. The number of hydrogen-bond acceptors (Lipinski definition) is 4. The molecule has 0 saturated heterocycles. The first-order valence-electron chi connectivity index (χ1n) is 5.97. The highest BCUT2D eigenvalue weighted by Crippen LogP contribution is 2.18. The Hall–Kier alpha value is -1.39. The molecule has 2 aromatic rings. The van der Waals surface area contributed by atoms with Crippen molar-refractivity contribution in [2.75, 3.05) is 7.11 Å². The minimum Gasteiger partial charge on any atom is -0.497 e. The summed E-state index contributed by atoms with van der Waals surface area (Å²) in [6, 6.07) is 8.45. The van der Waals surface area contributed by atoms with E-state index < -0.39 is 0 Å². The second kappa shape index (κ2) is 5.98. The van der Waals surface area contributed by atoms with Gasteiger partial charge in [-0.1, -0.05) is 12.1 Å². The smallest absolute Gasteiger partial charge is 0.118 e. The molecule has 0 aliphatic carbocycles. The van der Waals surface area contributed by atoms with E-state index in [0.717, 1.165) is 23.0 Å². The average molecular weight is 262 g/mol. The van der Waals surface area contributed by atoms with E-state index in [4.69, 9.17) is 4.74 Å². The molecule has 0 saturated carbocycles. The van der Waals surface area contributed by atoms with Crippen LogP contribution in [-0.4, -0.2) is 12.1 Å². The lowest BCUT2D eigenvalue weighted by Gasteiger charge is -2.13. The van der Waals surface area contributed by atoms with Crippen molar-refractivity contribution >= 4 is 11.3 Å². The molecule has 0 fully saturated rings. The maximum Gasteiger partial charge on any atom is 0.118 e. The molecular weight excluding hydrogens is 244 g/mol. The summed E-state index contributed by atoms with van der Waals surface area (Å²) in [6.07, 6.45) is 0. The second-order valence-corrected chi connectivity index (χ2v) is 5.30. The van der Waals surface area contributed by atoms with Gasteiger partial charge in [0, 0.05) is 18.0 Å². The summed E-state index contributed by atoms with van der Waals surface area (Å²) in [5.41, 5.74) is 2.36. The number of methoxy groups -OCH3 is 1. The van der Waals surface area contributed by atoms with Crippen LogP contribution in [0.2, 0.25) is 0 Å². The summed E-state index contributed by atoms with van der Waals surface area (Å²) in [4.78, 5) is 4.44. The molecule has 0 radical (unpaired) electrons. The molecule has 0 aliphatic rings. The zero-order valence-corrected chi connectivity index (χ0v) is 11.8. The highest BCUT2D eigenvalue weighted by molar-refractivity contribution is 7.09. The molecule has 0 bridgehead atoms. The van der Waals surface area contributed by atoms with Crippen LogP contribution < -0.4 is 10.1 Å². The zero-order valence-electron chi connectivity index (χ0n) is 10.9. The van der Waals surface area contributed by atoms with E-state index in [0.29, 0.717) is 6.04 Å². The van der Waals surface area contributed by atoms with Crippen LogP contribution in [0.15, 0.2) is 29.6 Å². The standard InChI is InChI=1S/C14H18N2OS/c1-10(12-4-6-14(17-3)7-5-12)15-8-13-9-18-11(2)16-13/h4-7,9-10,15H,8H2,1-3H3/t10-/m1/s1. The van der Waals surface area contributed by atoms with Gasteiger partial charge in [0.1, 0.15) is 5.75 Å². The quantitative estimate of drug-likeness (QED) is 0.897. The SMILES string of the molecule is COc1ccc([C@@H](C)NCc2csc(C)n2)cc1.